The molecule has 3 nitrogen and oxygen atoms in total. The number of hydrogen-bond acceptors (Lipinski definition) is 2. The number of likely N-dealkylation sites (tertiary alicyclic amines) is 1. The number of carboxylic acid groups (broad SMARTS) is 1. The van der Waals surface area contributed by atoms with E-state index in [1.165, 1.54) is 6.07 Å². The van der Waals surface area contributed by atoms with Crippen molar-refractivity contribution in [2.24, 2.45) is 0 Å². The maximum Gasteiger partial charge on any atom is 0.419 e. The number of carboxylic acids is 1. The van der Waals surface area contributed by atoms with Crippen LogP contribution in [0.25, 0.3) is 0 Å². The summed E-state index contributed by atoms with van der Waals surface area (Å²) >= 11 is 0. The molecule has 0 saturated carbocycles. The van der Waals surface area contributed by atoms with Gasteiger partial charge in [0.2, 0.25) is 0 Å². The minimum absolute atomic E-state index is 0.188. The van der Waals surface area contributed by atoms with E-state index in [1.807, 2.05) is 4.90 Å². The van der Waals surface area contributed by atoms with Crippen molar-refractivity contribution in [1.82, 2.24) is 4.90 Å². The van der Waals surface area contributed by atoms with Gasteiger partial charge >= 0.3 is 12.1 Å². The molecule has 1 N–H and O–H groups in total. The number of carbonyl (C=O) groups is 1. The fourth-order valence-electron chi connectivity index (χ4n) is 2.64. The molecule has 1 atom stereocenters. The van der Waals surface area contributed by atoms with Gasteiger partial charge in [0.25, 0.3) is 0 Å². The van der Waals surface area contributed by atoms with Crippen LogP contribution in [0.1, 0.15) is 36.4 Å². The lowest BCUT2D eigenvalue weighted by molar-refractivity contribution is -0.140. The zero-order chi connectivity index (χ0) is 15.6. The van der Waals surface area contributed by atoms with E-state index in [1.54, 1.807) is 0 Å². The number of aliphatic carboxylic acids is 1. The Kier molecular flexibility index (Phi) is 4.51. The predicted molar refractivity (Wildman–Crippen MR) is 67.2 cm³/mol. The van der Waals surface area contributed by atoms with Crippen molar-refractivity contribution < 1.29 is 27.5 Å². The molecular formula is C14H15F4NO2. The normalized spacial score (nSPS) is 17.9. The highest BCUT2D eigenvalue weighted by molar-refractivity contribution is 5.68. The van der Waals surface area contributed by atoms with Crippen LogP contribution >= 0.6 is 0 Å². The molecule has 0 bridgehead atoms. The van der Waals surface area contributed by atoms with Gasteiger partial charge in [0, 0.05) is 6.04 Å². The second-order valence-electron chi connectivity index (χ2n) is 5.09. The molecule has 0 aromatic heterocycles. The summed E-state index contributed by atoms with van der Waals surface area (Å²) in [5.41, 5.74) is -1.16. The van der Waals surface area contributed by atoms with Crippen molar-refractivity contribution in [3.63, 3.8) is 0 Å². The maximum absolute atomic E-state index is 13.3. The lowest BCUT2D eigenvalue weighted by Gasteiger charge is -2.27. The first-order valence-corrected chi connectivity index (χ1v) is 6.61. The molecular weight excluding hydrogens is 290 g/mol. The van der Waals surface area contributed by atoms with E-state index in [-0.39, 0.29) is 12.0 Å². The number of nitrogens with zero attached hydrogens (tertiary/aromatic N) is 1. The molecule has 1 aromatic rings. The third-order valence-corrected chi connectivity index (χ3v) is 3.63. The largest absolute Gasteiger partial charge is 0.481 e. The lowest BCUT2D eigenvalue weighted by Crippen LogP contribution is -2.28. The van der Waals surface area contributed by atoms with Crippen molar-refractivity contribution in [3.05, 3.63) is 35.1 Å². The summed E-state index contributed by atoms with van der Waals surface area (Å²) in [6, 6.07) is 2.05. The van der Waals surface area contributed by atoms with Gasteiger partial charge in [-0.15, -0.1) is 0 Å². The minimum Gasteiger partial charge on any atom is -0.481 e. The summed E-state index contributed by atoms with van der Waals surface area (Å²) in [5, 5.41) is 8.97. The SMILES string of the molecule is O=C(O)CC(c1ccc(F)c(C(F)(F)F)c1)N1CCCC1. The Labute approximate surface area is 119 Å². The molecule has 1 saturated heterocycles. The van der Waals surface area contributed by atoms with Crippen LogP contribution in [0, 0.1) is 5.82 Å². The summed E-state index contributed by atoms with van der Waals surface area (Å²) in [6.45, 7) is 1.27. The van der Waals surface area contributed by atoms with Gasteiger partial charge < -0.3 is 5.11 Å². The average molecular weight is 305 g/mol. The van der Waals surface area contributed by atoms with Crippen LogP contribution in [0.3, 0.4) is 0 Å². The van der Waals surface area contributed by atoms with E-state index in [0.717, 1.165) is 25.0 Å². The first kappa shape index (κ1) is 15.8. The van der Waals surface area contributed by atoms with Crippen LogP contribution in [0.15, 0.2) is 18.2 Å². The first-order chi connectivity index (χ1) is 9.79. The molecule has 7 heteroatoms. The summed E-state index contributed by atoms with van der Waals surface area (Å²) in [5.74, 6) is -2.44. The van der Waals surface area contributed by atoms with Gasteiger partial charge in [-0.2, -0.15) is 13.2 Å². The van der Waals surface area contributed by atoms with Crippen molar-refractivity contribution in [2.75, 3.05) is 13.1 Å². The van der Waals surface area contributed by atoms with Gasteiger partial charge in [-0.3, -0.25) is 9.69 Å². The molecule has 21 heavy (non-hydrogen) atoms. The van der Waals surface area contributed by atoms with Crippen LogP contribution < -0.4 is 0 Å². The molecule has 1 heterocycles. The fraction of sp³-hybridized carbons (Fsp3) is 0.500. The lowest BCUT2D eigenvalue weighted by atomic mass is 9.99. The van der Waals surface area contributed by atoms with Gasteiger partial charge in [0.1, 0.15) is 5.82 Å². The standard InChI is InChI=1S/C14H15F4NO2/c15-11-4-3-9(7-10(11)14(16,17)18)12(8-13(20)21)19-5-1-2-6-19/h3-4,7,12H,1-2,5-6,8H2,(H,20,21). The Morgan fingerprint density at radius 2 is 1.90 bits per heavy atom. The van der Waals surface area contributed by atoms with Crippen molar-refractivity contribution in [1.29, 1.82) is 0 Å². The quantitative estimate of drug-likeness (QED) is 0.866. The maximum atomic E-state index is 13.3. The highest BCUT2D eigenvalue weighted by Gasteiger charge is 2.35. The number of halogens is 4. The van der Waals surface area contributed by atoms with Crippen LogP contribution in [-0.4, -0.2) is 29.1 Å². The van der Waals surface area contributed by atoms with E-state index in [2.05, 4.69) is 0 Å². The van der Waals surface area contributed by atoms with Crippen LogP contribution in [0.2, 0.25) is 0 Å². The van der Waals surface area contributed by atoms with Gasteiger partial charge in [-0.05, 0) is 43.6 Å². The van der Waals surface area contributed by atoms with Gasteiger partial charge in [0.05, 0.1) is 12.0 Å². The van der Waals surface area contributed by atoms with Gasteiger partial charge in [0.15, 0.2) is 0 Å². The van der Waals surface area contributed by atoms with E-state index in [9.17, 15) is 22.4 Å². The number of hydrogen-bond donors (Lipinski definition) is 1. The number of rotatable bonds is 4. The Bertz CT molecular complexity index is 524. The summed E-state index contributed by atoms with van der Waals surface area (Å²) in [7, 11) is 0. The zero-order valence-electron chi connectivity index (χ0n) is 11.2. The Morgan fingerprint density at radius 1 is 1.29 bits per heavy atom. The Balaban J connectivity index is 2.37. The summed E-state index contributed by atoms with van der Waals surface area (Å²) in [4.78, 5) is 12.8. The third kappa shape index (κ3) is 3.72. The first-order valence-electron chi connectivity index (χ1n) is 6.61. The molecule has 1 aliphatic heterocycles. The molecule has 0 aliphatic carbocycles. The Morgan fingerprint density at radius 3 is 2.43 bits per heavy atom. The smallest absolute Gasteiger partial charge is 0.419 e. The van der Waals surface area contributed by atoms with Crippen molar-refractivity contribution in [3.8, 4) is 0 Å². The number of benzene rings is 1. The molecule has 0 spiro atoms. The van der Waals surface area contributed by atoms with Gasteiger partial charge in [-0.25, -0.2) is 4.39 Å². The van der Waals surface area contributed by atoms with E-state index in [4.69, 9.17) is 5.11 Å². The number of alkyl halides is 3. The predicted octanol–water partition coefficient (Wildman–Crippen LogP) is 3.46. The zero-order valence-corrected chi connectivity index (χ0v) is 11.2. The van der Waals surface area contributed by atoms with E-state index >= 15 is 0 Å². The monoisotopic (exact) mass is 305 g/mol. The van der Waals surface area contributed by atoms with Crippen LogP contribution in [0.5, 0.6) is 0 Å². The second-order valence-corrected chi connectivity index (χ2v) is 5.09. The third-order valence-electron chi connectivity index (χ3n) is 3.63. The summed E-state index contributed by atoms with van der Waals surface area (Å²) in [6.07, 6.45) is -3.34. The van der Waals surface area contributed by atoms with E-state index in [0.29, 0.717) is 13.1 Å². The minimum atomic E-state index is -4.79. The highest BCUT2D eigenvalue weighted by atomic mass is 19.4. The molecule has 1 unspecified atom stereocenters. The van der Waals surface area contributed by atoms with Crippen LogP contribution in [0.4, 0.5) is 17.6 Å². The average Bonchev–Trinajstić information content (AvgIpc) is 2.88. The molecule has 0 radical (unpaired) electrons. The van der Waals surface area contributed by atoms with Crippen molar-refractivity contribution in [2.45, 2.75) is 31.5 Å². The topological polar surface area (TPSA) is 40.5 Å². The molecule has 1 aromatic carbocycles. The van der Waals surface area contributed by atoms with Crippen LogP contribution in [-0.2, 0) is 11.0 Å². The highest BCUT2D eigenvalue weighted by Crippen LogP contribution is 2.35. The molecule has 0 amide bonds. The second kappa shape index (κ2) is 6.01. The molecule has 2 rings (SSSR count). The fourth-order valence-corrected chi connectivity index (χ4v) is 2.64. The molecule has 1 aliphatic rings. The molecule has 116 valence electrons. The van der Waals surface area contributed by atoms with E-state index < -0.39 is 29.6 Å². The Hall–Kier alpha value is -1.63. The summed E-state index contributed by atoms with van der Waals surface area (Å²) < 4.78 is 51.6. The van der Waals surface area contributed by atoms with Crippen molar-refractivity contribution >= 4 is 5.97 Å². The molecule has 1 fully saturated rings. The van der Waals surface area contributed by atoms with Gasteiger partial charge in [-0.1, -0.05) is 6.07 Å².